The first kappa shape index (κ1) is 16.5. The number of hydrogen-bond donors (Lipinski definition) is 2. The van der Waals surface area contributed by atoms with Gasteiger partial charge in [0, 0.05) is 13.1 Å². The standard InChI is InChI=1S/C18H23NO3/c20-10-12-21-11-9-19-14-17-7-4-8-18(13-17)22-15-16-5-2-1-3-6-16/h1-8,13,19-20H,9-12,14-15H2. The van der Waals surface area contributed by atoms with Crippen molar-refractivity contribution in [3.8, 4) is 5.75 Å². The van der Waals surface area contributed by atoms with E-state index in [0.29, 0.717) is 19.8 Å². The van der Waals surface area contributed by atoms with Crippen LogP contribution in [-0.2, 0) is 17.9 Å². The second-order valence-corrected chi connectivity index (χ2v) is 4.93. The highest BCUT2D eigenvalue weighted by Gasteiger charge is 1.98. The van der Waals surface area contributed by atoms with E-state index < -0.39 is 0 Å². The Kier molecular flexibility index (Phi) is 7.46. The summed E-state index contributed by atoms with van der Waals surface area (Å²) in [5.41, 5.74) is 2.33. The minimum atomic E-state index is 0.0702. The highest BCUT2D eigenvalue weighted by molar-refractivity contribution is 5.29. The number of benzene rings is 2. The number of aliphatic hydroxyl groups is 1. The van der Waals surface area contributed by atoms with Gasteiger partial charge in [0.2, 0.25) is 0 Å². The van der Waals surface area contributed by atoms with Crippen molar-refractivity contribution in [2.24, 2.45) is 0 Å². The molecule has 4 heteroatoms. The Hall–Kier alpha value is -1.88. The summed E-state index contributed by atoms with van der Waals surface area (Å²) in [5, 5.41) is 11.9. The molecule has 0 amide bonds. The summed E-state index contributed by atoms with van der Waals surface area (Å²) >= 11 is 0. The molecule has 0 aliphatic rings. The number of ether oxygens (including phenoxy) is 2. The van der Waals surface area contributed by atoms with Crippen LogP contribution in [0.25, 0.3) is 0 Å². The Balaban J connectivity index is 1.72. The molecule has 0 aliphatic heterocycles. The third kappa shape index (κ3) is 6.26. The Bertz CT molecular complexity index is 531. The Morgan fingerprint density at radius 1 is 0.909 bits per heavy atom. The zero-order valence-corrected chi connectivity index (χ0v) is 12.7. The molecule has 0 radical (unpaired) electrons. The van der Waals surface area contributed by atoms with Gasteiger partial charge in [-0.15, -0.1) is 0 Å². The zero-order chi connectivity index (χ0) is 15.5. The van der Waals surface area contributed by atoms with Crippen LogP contribution in [0.1, 0.15) is 11.1 Å². The van der Waals surface area contributed by atoms with Gasteiger partial charge in [-0.05, 0) is 23.3 Å². The van der Waals surface area contributed by atoms with E-state index in [1.165, 1.54) is 5.56 Å². The topological polar surface area (TPSA) is 50.7 Å². The van der Waals surface area contributed by atoms with Crippen molar-refractivity contribution in [3.63, 3.8) is 0 Å². The molecule has 0 atom stereocenters. The number of hydrogen-bond acceptors (Lipinski definition) is 4. The molecule has 0 saturated heterocycles. The third-order valence-corrected chi connectivity index (χ3v) is 3.13. The van der Waals surface area contributed by atoms with Gasteiger partial charge in [-0.25, -0.2) is 0 Å². The lowest BCUT2D eigenvalue weighted by molar-refractivity contribution is 0.0938. The molecule has 22 heavy (non-hydrogen) atoms. The smallest absolute Gasteiger partial charge is 0.120 e. The summed E-state index contributed by atoms with van der Waals surface area (Å²) in [4.78, 5) is 0. The molecule has 2 rings (SSSR count). The van der Waals surface area contributed by atoms with E-state index in [1.54, 1.807) is 0 Å². The molecule has 2 aromatic carbocycles. The normalized spacial score (nSPS) is 10.6. The van der Waals surface area contributed by atoms with E-state index in [4.69, 9.17) is 14.6 Å². The van der Waals surface area contributed by atoms with E-state index in [1.807, 2.05) is 36.4 Å². The van der Waals surface area contributed by atoms with Crippen molar-refractivity contribution in [1.82, 2.24) is 5.32 Å². The predicted molar refractivity (Wildman–Crippen MR) is 86.8 cm³/mol. The van der Waals surface area contributed by atoms with E-state index >= 15 is 0 Å². The molecule has 0 bridgehead atoms. The molecular weight excluding hydrogens is 278 g/mol. The predicted octanol–water partition coefficient (Wildman–Crippen LogP) is 2.36. The van der Waals surface area contributed by atoms with Crippen LogP contribution in [0.2, 0.25) is 0 Å². The van der Waals surface area contributed by atoms with Gasteiger partial charge < -0.3 is 19.9 Å². The zero-order valence-electron chi connectivity index (χ0n) is 12.7. The first-order chi connectivity index (χ1) is 10.9. The van der Waals surface area contributed by atoms with Crippen molar-refractivity contribution < 1.29 is 14.6 Å². The van der Waals surface area contributed by atoms with Crippen molar-refractivity contribution in [2.45, 2.75) is 13.2 Å². The van der Waals surface area contributed by atoms with Gasteiger partial charge in [-0.1, -0.05) is 42.5 Å². The van der Waals surface area contributed by atoms with Gasteiger partial charge in [0.15, 0.2) is 0 Å². The average Bonchev–Trinajstić information content (AvgIpc) is 2.57. The second-order valence-electron chi connectivity index (χ2n) is 4.93. The summed E-state index contributed by atoms with van der Waals surface area (Å²) in [5.74, 6) is 0.875. The molecule has 0 fully saturated rings. The molecule has 118 valence electrons. The van der Waals surface area contributed by atoms with Gasteiger partial charge in [-0.2, -0.15) is 0 Å². The summed E-state index contributed by atoms with van der Waals surface area (Å²) in [6, 6.07) is 18.2. The van der Waals surface area contributed by atoms with Crippen LogP contribution in [-0.4, -0.2) is 31.5 Å². The van der Waals surface area contributed by atoms with Crippen LogP contribution in [0.3, 0.4) is 0 Å². The lowest BCUT2D eigenvalue weighted by Crippen LogP contribution is -2.20. The summed E-state index contributed by atoms with van der Waals surface area (Å²) in [7, 11) is 0. The van der Waals surface area contributed by atoms with Crippen LogP contribution < -0.4 is 10.1 Å². The van der Waals surface area contributed by atoms with Crippen LogP contribution in [0.15, 0.2) is 54.6 Å². The fraction of sp³-hybridized carbons (Fsp3) is 0.333. The Morgan fingerprint density at radius 3 is 2.55 bits per heavy atom. The van der Waals surface area contributed by atoms with E-state index in [9.17, 15) is 0 Å². The summed E-state index contributed by atoms with van der Waals surface area (Å²) in [6.45, 7) is 3.17. The number of rotatable bonds is 10. The maximum absolute atomic E-state index is 8.60. The molecule has 4 nitrogen and oxygen atoms in total. The molecule has 2 N–H and O–H groups in total. The lowest BCUT2D eigenvalue weighted by Gasteiger charge is -2.09. The molecule has 0 aliphatic carbocycles. The highest BCUT2D eigenvalue weighted by atomic mass is 16.5. The molecular formula is C18H23NO3. The van der Waals surface area contributed by atoms with E-state index in [2.05, 4.69) is 23.5 Å². The minimum Gasteiger partial charge on any atom is -0.489 e. The van der Waals surface area contributed by atoms with Crippen LogP contribution >= 0.6 is 0 Å². The summed E-state index contributed by atoms with van der Waals surface area (Å²) < 4.78 is 11.0. The second kappa shape index (κ2) is 9.95. The molecule has 0 aromatic heterocycles. The molecule has 0 heterocycles. The van der Waals surface area contributed by atoms with Gasteiger partial charge in [-0.3, -0.25) is 0 Å². The molecule has 0 saturated carbocycles. The van der Waals surface area contributed by atoms with Crippen LogP contribution in [0.4, 0.5) is 0 Å². The third-order valence-electron chi connectivity index (χ3n) is 3.13. The fourth-order valence-electron chi connectivity index (χ4n) is 2.03. The monoisotopic (exact) mass is 301 g/mol. The Morgan fingerprint density at radius 2 is 1.73 bits per heavy atom. The van der Waals surface area contributed by atoms with Crippen LogP contribution in [0.5, 0.6) is 5.75 Å². The first-order valence-corrected chi connectivity index (χ1v) is 7.53. The van der Waals surface area contributed by atoms with Gasteiger partial charge in [0.05, 0.1) is 19.8 Å². The van der Waals surface area contributed by atoms with Gasteiger partial charge in [0.25, 0.3) is 0 Å². The summed E-state index contributed by atoms with van der Waals surface area (Å²) in [6.07, 6.45) is 0. The molecule has 0 spiro atoms. The first-order valence-electron chi connectivity index (χ1n) is 7.53. The largest absolute Gasteiger partial charge is 0.489 e. The van der Waals surface area contributed by atoms with Crippen molar-refractivity contribution >= 4 is 0 Å². The fourth-order valence-corrected chi connectivity index (χ4v) is 2.03. The molecule has 0 unspecified atom stereocenters. The van der Waals surface area contributed by atoms with Gasteiger partial charge >= 0.3 is 0 Å². The van der Waals surface area contributed by atoms with Crippen molar-refractivity contribution in [2.75, 3.05) is 26.4 Å². The maximum atomic E-state index is 8.60. The highest BCUT2D eigenvalue weighted by Crippen LogP contribution is 2.15. The van der Waals surface area contributed by atoms with Crippen LogP contribution in [0, 0.1) is 0 Å². The van der Waals surface area contributed by atoms with E-state index in [0.717, 1.165) is 24.4 Å². The molecule has 2 aromatic rings. The van der Waals surface area contributed by atoms with Crippen molar-refractivity contribution in [3.05, 3.63) is 65.7 Å². The Labute approximate surface area is 131 Å². The average molecular weight is 301 g/mol. The van der Waals surface area contributed by atoms with Crippen molar-refractivity contribution in [1.29, 1.82) is 0 Å². The van der Waals surface area contributed by atoms with E-state index in [-0.39, 0.29) is 6.61 Å². The van der Waals surface area contributed by atoms with Gasteiger partial charge in [0.1, 0.15) is 12.4 Å². The SMILES string of the molecule is OCCOCCNCc1cccc(OCc2ccccc2)c1. The number of nitrogens with one attached hydrogen (secondary N) is 1. The maximum Gasteiger partial charge on any atom is 0.120 e. The lowest BCUT2D eigenvalue weighted by atomic mass is 10.2. The number of aliphatic hydroxyl groups excluding tert-OH is 1. The quantitative estimate of drug-likeness (QED) is 0.662. The minimum absolute atomic E-state index is 0.0702.